The first kappa shape index (κ1) is 26.0. The summed E-state index contributed by atoms with van der Waals surface area (Å²) in [6.45, 7) is 10.1. The van der Waals surface area contributed by atoms with Crippen LogP contribution in [-0.4, -0.2) is 43.3 Å². The summed E-state index contributed by atoms with van der Waals surface area (Å²) in [5, 5.41) is 5.99. The summed E-state index contributed by atoms with van der Waals surface area (Å²) in [5.41, 5.74) is 2.25. The average molecular weight is 530 g/mol. The van der Waals surface area contributed by atoms with Crippen LogP contribution < -0.4 is 20.3 Å². The number of anilines is 5. The molecule has 2 heterocycles. The summed E-state index contributed by atoms with van der Waals surface area (Å²) < 4.78 is 31.6. The van der Waals surface area contributed by atoms with Gasteiger partial charge < -0.3 is 20.3 Å². The fourth-order valence-electron chi connectivity index (χ4n) is 4.09. The van der Waals surface area contributed by atoms with Gasteiger partial charge >= 0.3 is 0 Å². The second-order valence-electron chi connectivity index (χ2n) is 9.18. The van der Waals surface area contributed by atoms with E-state index in [2.05, 4.69) is 38.5 Å². The minimum Gasteiger partial charge on any atom is -0.492 e. The minimum atomic E-state index is -3.51. The van der Waals surface area contributed by atoms with E-state index in [-0.39, 0.29) is 9.92 Å². The van der Waals surface area contributed by atoms with E-state index < -0.39 is 15.1 Å². The van der Waals surface area contributed by atoms with Crippen LogP contribution in [0.2, 0.25) is 5.02 Å². The number of hydrogen-bond donors (Lipinski definition) is 2. The molecule has 0 bridgehead atoms. The molecule has 0 unspecified atom stereocenters. The first-order valence-electron chi connectivity index (χ1n) is 12.1. The predicted molar refractivity (Wildman–Crippen MR) is 146 cm³/mol. The maximum atomic E-state index is 12.8. The van der Waals surface area contributed by atoms with E-state index in [1.807, 2.05) is 19.1 Å². The predicted octanol–water partition coefficient (Wildman–Crippen LogP) is 6.04. The molecule has 10 heteroatoms. The number of nitrogens with zero attached hydrogens (tertiary/aromatic N) is 3. The van der Waals surface area contributed by atoms with Crippen molar-refractivity contribution in [1.82, 2.24) is 9.97 Å². The molecule has 0 saturated carbocycles. The zero-order chi connectivity index (χ0) is 25.9. The fourth-order valence-corrected chi connectivity index (χ4v) is 5.43. The summed E-state index contributed by atoms with van der Waals surface area (Å²) in [7, 11) is -3.51. The molecule has 0 spiro atoms. The summed E-state index contributed by atoms with van der Waals surface area (Å²) in [6, 6.07) is 12.8. The van der Waals surface area contributed by atoms with Gasteiger partial charge in [-0.3, -0.25) is 0 Å². The van der Waals surface area contributed by atoms with E-state index in [0.29, 0.717) is 35.7 Å². The van der Waals surface area contributed by atoms with Gasteiger partial charge in [0.25, 0.3) is 0 Å². The van der Waals surface area contributed by atoms with Gasteiger partial charge in [0.15, 0.2) is 15.7 Å². The number of para-hydroxylation sites is 1. The second-order valence-corrected chi connectivity index (χ2v) is 12.1. The number of nitrogens with one attached hydrogen (secondary N) is 2. The van der Waals surface area contributed by atoms with Crippen LogP contribution in [0.1, 0.15) is 34.1 Å². The van der Waals surface area contributed by atoms with E-state index in [1.165, 1.54) is 12.6 Å². The lowest BCUT2D eigenvalue weighted by Gasteiger charge is -2.21. The first-order valence-corrected chi connectivity index (χ1v) is 14.0. The summed E-state index contributed by atoms with van der Waals surface area (Å²) in [4.78, 5) is 11.4. The third-order valence-corrected chi connectivity index (χ3v) is 8.60. The van der Waals surface area contributed by atoms with Crippen molar-refractivity contribution < 1.29 is 13.2 Å². The van der Waals surface area contributed by atoms with E-state index in [4.69, 9.17) is 16.3 Å². The van der Waals surface area contributed by atoms with Gasteiger partial charge in [0, 0.05) is 24.8 Å². The fraction of sp³-hybridized carbons (Fsp3) is 0.385. The zero-order valence-electron chi connectivity index (χ0n) is 21.0. The second kappa shape index (κ2) is 10.9. The lowest BCUT2D eigenvalue weighted by atomic mass is 10.2. The molecule has 36 heavy (non-hydrogen) atoms. The van der Waals surface area contributed by atoms with Crippen molar-refractivity contribution in [3.63, 3.8) is 0 Å². The number of ether oxygens (including phenoxy) is 1. The van der Waals surface area contributed by atoms with Gasteiger partial charge in [-0.15, -0.1) is 0 Å². The third-order valence-electron chi connectivity index (χ3n) is 6.11. The molecule has 4 rings (SSSR count). The molecule has 1 aromatic heterocycles. The Bertz CT molecular complexity index is 1330. The molecule has 3 aromatic rings. The van der Waals surface area contributed by atoms with Gasteiger partial charge in [0.2, 0.25) is 5.95 Å². The Kier molecular flexibility index (Phi) is 7.90. The highest BCUT2D eigenvalue weighted by Crippen LogP contribution is 2.35. The maximum absolute atomic E-state index is 12.8. The molecular formula is C26H32ClN5O3S. The largest absolute Gasteiger partial charge is 0.492 e. The van der Waals surface area contributed by atoms with E-state index in [1.54, 1.807) is 38.1 Å². The Hall–Kier alpha value is -3.04. The minimum absolute atomic E-state index is 0.189. The Morgan fingerprint density at radius 3 is 2.64 bits per heavy atom. The topological polar surface area (TPSA) is 96.5 Å². The van der Waals surface area contributed by atoms with Crippen molar-refractivity contribution >= 4 is 50.3 Å². The van der Waals surface area contributed by atoms with Crippen LogP contribution in [0.15, 0.2) is 53.6 Å². The van der Waals surface area contributed by atoms with E-state index in [9.17, 15) is 8.42 Å². The first-order chi connectivity index (χ1) is 17.2. The molecule has 8 nitrogen and oxygen atoms in total. The number of sulfone groups is 1. The molecule has 0 radical (unpaired) electrons. The van der Waals surface area contributed by atoms with Gasteiger partial charge in [-0.25, -0.2) is 13.4 Å². The van der Waals surface area contributed by atoms with Crippen molar-refractivity contribution in [2.24, 2.45) is 5.92 Å². The number of hydrogen-bond acceptors (Lipinski definition) is 8. The normalized spacial score (nSPS) is 15.8. The smallest absolute Gasteiger partial charge is 0.229 e. The third kappa shape index (κ3) is 5.68. The molecule has 0 aliphatic carbocycles. The molecule has 1 saturated heterocycles. The van der Waals surface area contributed by atoms with Crippen LogP contribution in [0, 0.1) is 5.92 Å². The Labute approximate surface area is 218 Å². The number of benzene rings is 2. The molecule has 1 aliphatic heterocycles. The average Bonchev–Trinajstić information content (AvgIpc) is 3.29. The van der Waals surface area contributed by atoms with Gasteiger partial charge in [0.05, 0.1) is 34.3 Å². The Morgan fingerprint density at radius 1 is 1.17 bits per heavy atom. The lowest BCUT2D eigenvalue weighted by Crippen LogP contribution is -2.19. The quantitative estimate of drug-likeness (QED) is 0.346. The summed E-state index contributed by atoms with van der Waals surface area (Å²) in [5.74, 6) is 1.97. The van der Waals surface area contributed by atoms with Gasteiger partial charge in [0.1, 0.15) is 10.8 Å². The van der Waals surface area contributed by atoms with Crippen molar-refractivity contribution in [3.8, 4) is 5.75 Å². The van der Waals surface area contributed by atoms with Crippen LogP contribution in [0.25, 0.3) is 0 Å². The van der Waals surface area contributed by atoms with Crippen molar-refractivity contribution in [3.05, 3.63) is 53.7 Å². The molecule has 1 aliphatic rings. The maximum Gasteiger partial charge on any atom is 0.229 e. The van der Waals surface area contributed by atoms with E-state index >= 15 is 0 Å². The standard InChI is InChI=1S/C26H32ClN5O3S/c1-5-35-23-14-19(32-13-12-18(4)16-32)10-11-21(23)30-26-28-15-20(27)25(31-26)29-22-8-6-7-9-24(22)36(33,34)17(2)3/h6-11,14-15,17-18H,5,12-13,16H2,1-4H3,(H2,28,29,30,31)/t18-/m0/s1. The molecular weight excluding hydrogens is 498 g/mol. The van der Waals surface area contributed by atoms with Crippen molar-refractivity contribution in [2.45, 2.75) is 44.3 Å². The van der Waals surface area contributed by atoms with Crippen LogP contribution in [-0.2, 0) is 9.84 Å². The summed E-state index contributed by atoms with van der Waals surface area (Å²) >= 11 is 6.37. The highest BCUT2D eigenvalue weighted by Gasteiger charge is 2.23. The number of rotatable bonds is 9. The molecule has 1 atom stereocenters. The molecule has 192 valence electrons. The molecule has 0 amide bonds. The van der Waals surface area contributed by atoms with E-state index in [0.717, 1.165) is 24.5 Å². The number of halogens is 1. The van der Waals surface area contributed by atoms with Crippen LogP contribution in [0.3, 0.4) is 0 Å². The molecule has 1 fully saturated rings. The monoisotopic (exact) mass is 529 g/mol. The Balaban J connectivity index is 1.61. The van der Waals surface area contributed by atoms with Gasteiger partial charge in [-0.1, -0.05) is 30.7 Å². The Morgan fingerprint density at radius 2 is 1.94 bits per heavy atom. The molecule has 2 aromatic carbocycles. The summed E-state index contributed by atoms with van der Waals surface area (Å²) in [6.07, 6.45) is 2.65. The molecule has 2 N–H and O–H groups in total. The highest BCUT2D eigenvalue weighted by molar-refractivity contribution is 7.92. The van der Waals surface area contributed by atoms with Gasteiger partial charge in [-0.2, -0.15) is 4.98 Å². The lowest BCUT2D eigenvalue weighted by molar-refractivity contribution is 0.342. The number of aromatic nitrogens is 2. The zero-order valence-corrected chi connectivity index (χ0v) is 22.5. The van der Waals surface area contributed by atoms with Crippen LogP contribution in [0.5, 0.6) is 5.75 Å². The van der Waals surface area contributed by atoms with Crippen LogP contribution >= 0.6 is 11.6 Å². The van der Waals surface area contributed by atoms with Crippen LogP contribution in [0.4, 0.5) is 28.8 Å². The highest BCUT2D eigenvalue weighted by atomic mass is 35.5. The van der Waals surface area contributed by atoms with Crippen molar-refractivity contribution in [2.75, 3.05) is 35.2 Å². The van der Waals surface area contributed by atoms with Gasteiger partial charge in [-0.05, 0) is 57.4 Å². The SMILES string of the molecule is CCOc1cc(N2CC[C@H](C)C2)ccc1Nc1ncc(Cl)c(Nc2ccccc2S(=O)(=O)C(C)C)n1. The van der Waals surface area contributed by atoms with Crippen molar-refractivity contribution in [1.29, 1.82) is 0 Å².